The molecule has 0 saturated carbocycles. The molecule has 0 spiro atoms. The molecule has 1 fully saturated rings. The Bertz CT molecular complexity index is 489. The quantitative estimate of drug-likeness (QED) is 0.621. The summed E-state index contributed by atoms with van der Waals surface area (Å²) in [7, 11) is 0. The van der Waals surface area contributed by atoms with Crippen LogP contribution in [-0.4, -0.2) is 17.1 Å². The van der Waals surface area contributed by atoms with Crippen molar-refractivity contribution >= 4 is 33.4 Å². The molecule has 1 aliphatic rings. The van der Waals surface area contributed by atoms with Crippen LogP contribution >= 0.6 is 15.9 Å². The molecule has 3 nitrogen and oxygen atoms in total. The molecule has 0 aliphatic carbocycles. The number of carbonyl (C=O) groups excluding carboxylic acids is 2. The van der Waals surface area contributed by atoms with Crippen LogP contribution in [0, 0.1) is 18.7 Å². The lowest BCUT2D eigenvalue weighted by atomic mass is 10.1. The molecule has 17 heavy (non-hydrogen) atoms. The van der Waals surface area contributed by atoms with Crippen molar-refractivity contribution in [3.8, 4) is 0 Å². The third-order valence-corrected chi connectivity index (χ3v) is 3.55. The van der Waals surface area contributed by atoms with E-state index in [9.17, 15) is 14.0 Å². The van der Waals surface area contributed by atoms with Crippen molar-refractivity contribution in [2.45, 2.75) is 13.3 Å². The van der Waals surface area contributed by atoms with E-state index < -0.39 is 5.82 Å². The molecule has 0 bridgehead atoms. The topological polar surface area (TPSA) is 37.4 Å². The summed E-state index contributed by atoms with van der Waals surface area (Å²) in [5, 5.41) is 0.418. The summed E-state index contributed by atoms with van der Waals surface area (Å²) in [6.07, 6.45) is 0.136. The minimum atomic E-state index is -0.549. The molecule has 2 rings (SSSR count). The van der Waals surface area contributed by atoms with Gasteiger partial charge < -0.3 is 0 Å². The van der Waals surface area contributed by atoms with Crippen molar-refractivity contribution in [2.75, 3.05) is 10.2 Å². The number of carbonyl (C=O) groups is 2. The molecule has 1 aliphatic heterocycles. The summed E-state index contributed by atoms with van der Waals surface area (Å²) in [5.41, 5.74) is 0.868. The smallest absolute Gasteiger partial charge is 0.238 e. The Kier molecular flexibility index (Phi) is 3.28. The zero-order valence-electron chi connectivity index (χ0n) is 9.24. The van der Waals surface area contributed by atoms with Gasteiger partial charge in [-0.15, -0.1) is 0 Å². The molecular formula is C12H11BrFNO2. The number of benzene rings is 1. The maximum absolute atomic E-state index is 13.6. The summed E-state index contributed by atoms with van der Waals surface area (Å²) < 4.78 is 13.6. The number of hydrogen-bond donors (Lipinski definition) is 0. The van der Waals surface area contributed by atoms with E-state index in [4.69, 9.17) is 0 Å². The van der Waals surface area contributed by atoms with Gasteiger partial charge in [0, 0.05) is 11.8 Å². The number of anilines is 1. The fourth-order valence-corrected chi connectivity index (χ4v) is 2.37. The number of hydrogen-bond acceptors (Lipinski definition) is 2. The van der Waals surface area contributed by atoms with Gasteiger partial charge in [0.1, 0.15) is 5.82 Å². The Hall–Kier alpha value is -1.23. The lowest BCUT2D eigenvalue weighted by molar-refractivity contribution is -0.122. The van der Waals surface area contributed by atoms with Crippen LogP contribution in [0.15, 0.2) is 18.2 Å². The van der Waals surface area contributed by atoms with Gasteiger partial charge in [0.05, 0.1) is 11.6 Å². The monoisotopic (exact) mass is 299 g/mol. The summed E-state index contributed by atoms with van der Waals surface area (Å²) in [6, 6.07) is 4.39. The van der Waals surface area contributed by atoms with Crippen molar-refractivity contribution in [1.82, 2.24) is 0 Å². The first-order valence-corrected chi connectivity index (χ1v) is 6.35. The van der Waals surface area contributed by atoms with Crippen LogP contribution in [0.3, 0.4) is 0 Å². The summed E-state index contributed by atoms with van der Waals surface area (Å²) in [6.45, 7) is 1.79. The summed E-state index contributed by atoms with van der Waals surface area (Å²) >= 11 is 3.18. The van der Waals surface area contributed by atoms with Crippen molar-refractivity contribution in [3.63, 3.8) is 0 Å². The van der Waals surface area contributed by atoms with Gasteiger partial charge in [-0.2, -0.15) is 0 Å². The van der Waals surface area contributed by atoms with E-state index in [2.05, 4.69) is 15.9 Å². The molecule has 1 heterocycles. The fraction of sp³-hybridized carbons (Fsp3) is 0.333. The summed E-state index contributed by atoms with van der Waals surface area (Å²) in [4.78, 5) is 24.6. The molecule has 1 aromatic carbocycles. The number of imide groups is 1. The average molecular weight is 300 g/mol. The minimum absolute atomic E-state index is 0.0588. The number of amides is 2. The molecule has 0 aromatic heterocycles. The third-order valence-electron chi connectivity index (χ3n) is 2.77. The second-order valence-corrected chi connectivity index (χ2v) is 4.73. The molecule has 0 radical (unpaired) electrons. The zero-order valence-corrected chi connectivity index (χ0v) is 10.8. The zero-order chi connectivity index (χ0) is 12.6. The highest BCUT2D eigenvalue weighted by Crippen LogP contribution is 2.29. The predicted molar refractivity (Wildman–Crippen MR) is 65.5 cm³/mol. The molecular weight excluding hydrogens is 289 g/mol. The standard InChI is InChI=1S/C12H11BrFNO2/c1-7-2-3-9(14)10(4-7)15-11(16)5-8(6-13)12(15)17/h2-4,8H,5-6H2,1H3. The van der Waals surface area contributed by atoms with E-state index in [0.717, 1.165) is 10.5 Å². The molecule has 1 unspecified atom stereocenters. The first-order valence-electron chi connectivity index (χ1n) is 5.23. The van der Waals surface area contributed by atoms with Crippen LogP contribution in [0.5, 0.6) is 0 Å². The molecule has 1 atom stereocenters. The lowest BCUT2D eigenvalue weighted by Crippen LogP contribution is -2.31. The number of alkyl halides is 1. The first-order chi connectivity index (χ1) is 8.04. The second kappa shape index (κ2) is 4.56. The normalized spacial score (nSPS) is 20.2. The van der Waals surface area contributed by atoms with Gasteiger partial charge in [0.25, 0.3) is 0 Å². The Morgan fingerprint density at radius 1 is 1.47 bits per heavy atom. The van der Waals surface area contributed by atoms with E-state index >= 15 is 0 Å². The Labute approximate surface area is 107 Å². The van der Waals surface area contributed by atoms with Crippen molar-refractivity contribution in [2.24, 2.45) is 5.92 Å². The van der Waals surface area contributed by atoms with Gasteiger partial charge in [0.2, 0.25) is 11.8 Å². The van der Waals surface area contributed by atoms with Crippen LogP contribution in [0.25, 0.3) is 0 Å². The van der Waals surface area contributed by atoms with Crippen LogP contribution in [0.2, 0.25) is 0 Å². The number of aryl methyl sites for hydroxylation is 1. The Morgan fingerprint density at radius 3 is 2.76 bits per heavy atom. The van der Waals surface area contributed by atoms with Crippen molar-refractivity contribution in [1.29, 1.82) is 0 Å². The molecule has 5 heteroatoms. The van der Waals surface area contributed by atoms with E-state index in [1.165, 1.54) is 12.1 Å². The molecule has 1 aromatic rings. The van der Waals surface area contributed by atoms with E-state index in [0.29, 0.717) is 5.33 Å². The second-order valence-electron chi connectivity index (χ2n) is 4.08. The van der Waals surface area contributed by atoms with Crippen LogP contribution in [0.1, 0.15) is 12.0 Å². The van der Waals surface area contributed by atoms with Gasteiger partial charge in [-0.25, -0.2) is 9.29 Å². The van der Waals surface area contributed by atoms with Gasteiger partial charge in [-0.05, 0) is 24.6 Å². The van der Waals surface area contributed by atoms with Crippen LogP contribution in [0.4, 0.5) is 10.1 Å². The highest BCUT2D eigenvalue weighted by Gasteiger charge is 2.39. The Morgan fingerprint density at radius 2 is 2.18 bits per heavy atom. The largest absolute Gasteiger partial charge is 0.274 e. The SMILES string of the molecule is Cc1ccc(F)c(N2C(=O)CC(CBr)C2=O)c1. The maximum atomic E-state index is 13.6. The van der Waals surface area contributed by atoms with Crippen molar-refractivity contribution < 1.29 is 14.0 Å². The number of nitrogens with zero attached hydrogens (tertiary/aromatic N) is 1. The Balaban J connectivity index is 2.43. The van der Waals surface area contributed by atoms with Gasteiger partial charge in [-0.3, -0.25) is 9.59 Å². The molecule has 90 valence electrons. The third kappa shape index (κ3) is 2.11. The summed E-state index contributed by atoms with van der Waals surface area (Å²) in [5.74, 6) is -1.62. The average Bonchev–Trinajstić information content (AvgIpc) is 2.58. The lowest BCUT2D eigenvalue weighted by Gasteiger charge is -2.16. The fourth-order valence-electron chi connectivity index (χ4n) is 1.86. The van der Waals surface area contributed by atoms with E-state index in [1.807, 2.05) is 0 Å². The highest BCUT2D eigenvalue weighted by molar-refractivity contribution is 9.09. The highest BCUT2D eigenvalue weighted by atomic mass is 79.9. The maximum Gasteiger partial charge on any atom is 0.238 e. The molecule has 0 N–H and O–H groups in total. The van der Waals surface area contributed by atoms with Crippen molar-refractivity contribution in [3.05, 3.63) is 29.6 Å². The number of halogens is 2. The first kappa shape index (κ1) is 12.2. The van der Waals surface area contributed by atoms with Gasteiger partial charge in [0.15, 0.2) is 0 Å². The predicted octanol–water partition coefficient (Wildman–Crippen LogP) is 2.41. The number of rotatable bonds is 2. The van der Waals surface area contributed by atoms with Gasteiger partial charge in [-0.1, -0.05) is 22.0 Å². The molecule has 1 saturated heterocycles. The van der Waals surface area contributed by atoms with Gasteiger partial charge >= 0.3 is 0 Å². The van der Waals surface area contributed by atoms with Crippen LogP contribution < -0.4 is 4.90 Å². The van der Waals surface area contributed by atoms with Crippen LogP contribution in [-0.2, 0) is 9.59 Å². The van der Waals surface area contributed by atoms with E-state index in [-0.39, 0.29) is 29.8 Å². The molecule has 2 amide bonds. The van der Waals surface area contributed by atoms with E-state index in [1.54, 1.807) is 13.0 Å². The minimum Gasteiger partial charge on any atom is -0.274 e.